The Bertz CT molecular complexity index is 1700. The molecule has 3 aromatic rings. The summed E-state index contributed by atoms with van der Waals surface area (Å²) in [6, 6.07) is 13.4. The molecule has 250 valence electrons. The van der Waals surface area contributed by atoms with Crippen molar-refractivity contribution in [3.8, 4) is 17.2 Å². The van der Waals surface area contributed by atoms with E-state index in [1.165, 1.54) is 25.3 Å². The minimum Gasteiger partial charge on any atom is -0.507 e. The molecule has 4 unspecified atom stereocenters. The van der Waals surface area contributed by atoms with E-state index in [1.54, 1.807) is 6.92 Å². The largest absolute Gasteiger partial charge is 0.507 e. The molecule has 2 aliphatic carbocycles. The third-order valence-electron chi connectivity index (χ3n) is 9.06. The van der Waals surface area contributed by atoms with Gasteiger partial charge < -0.3 is 45.1 Å². The lowest BCUT2D eigenvalue weighted by Crippen LogP contribution is -2.54. The van der Waals surface area contributed by atoms with E-state index in [9.17, 15) is 34.8 Å². The number of hydrogen-bond donors (Lipinski definition) is 5. The smallest absolute Gasteiger partial charge is 0.202 e. The monoisotopic (exact) mass is 669 g/mol. The lowest BCUT2D eigenvalue weighted by molar-refractivity contribution is -0.254. The van der Waals surface area contributed by atoms with Gasteiger partial charge in [0.2, 0.25) is 5.78 Å². The van der Waals surface area contributed by atoms with Gasteiger partial charge in [-0.15, -0.1) is 12.4 Å². The average molecular weight is 670 g/mol. The zero-order chi connectivity index (χ0) is 32.9. The summed E-state index contributed by atoms with van der Waals surface area (Å²) in [6.07, 6.45) is -4.26. The number of nitrogens with two attached hydrogens (primary N) is 1. The molecule has 0 radical (unpaired) electrons. The van der Waals surface area contributed by atoms with E-state index in [0.717, 1.165) is 5.56 Å². The van der Waals surface area contributed by atoms with Crippen LogP contribution < -0.4 is 10.5 Å². The van der Waals surface area contributed by atoms with Crippen molar-refractivity contribution < 1.29 is 53.8 Å². The van der Waals surface area contributed by atoms with Gasteiger partial charge in [-0.25, -0.2) is 0 Å². The Morgan fingerprint density at radius 1 is 1.02 bits per heavy atom. The fourth-order valence-corrected chi connectivity index (χ4v) is 6.77. The van der Waals surface area contributed by atoms with Gasteiger partial charge in [-0.3, -0.25) is 14.4 Å². The number of methoxy groups -OCH3 is 1. The maximum absolute atomic E-state index is 13.8. The molecule has 13 heteroatoms. The summed E-state index contributed by atoms with van der Waals surface area (Å²) in [7, 11) is 1.34. The zero-order valence-electron chi connectivity index (χ0n) is 25.7. The quantitative estimate of drug-likeness (QED) is 0.172. The first-order chi connectivity index (χ1) is 22.0. The van der Waals surface area contributed by atoms with E-state index in [4.69, 9.17) is 24.7 Å². The van der Waals surface area contributed by atoms with Gasteiger partial charge >= 0.3 is 0 Å². The van der Waals surface area contributed by atoms with Gasteiger partial charge in [0, 0.05) is 42.0 Å². The van der Waals surface area contributed by atoms with Gasteiger partial charge in [-0.1, -0.05) is 42.5 Å². The molecule has 47 heavy (non-hydrogen) atoms. The van der Waals surface area contributed by atoms with Gasteiger partial charge in [0.05, 0.1) is 48.7 Å². The highest BCUT2D eigenvalue weighted by atomic mass is 35.5. The summed E-state index contributed by atoms with van der Waals surface area (Å²) in [5.74, 6) is -3.68. The number of aromatic hydroxyl groups is 2. The first-order valence-electron chi connectivity index (χ1n) is 14.9. The van der Waals surface area contributed by atoms with Gasteiger partial charge in [0.15, 0.2) is 17.9 Å². The number of benzene rings is 3. The number of aliphatic hydroxyl groups is 2. The number of ketones is 3. The number of fused-ring (bicyclic) bond motifs is 3. The van der Waals surface area contributed by atoms with Crippen LogP contribution in [-0.2, 0) is 32.0 Å². The highest BCUT2D eigenvalue weighted by Gasteiger charge is 2.50. The summed E-state index contributed by atoms with van der Waals surface area (Å²) >= 11 is 0. The number of rotatable bonds is 8. The van der Waals surface area contributed by atoms with Crippen molar-refractivity contribution in [1.29, 1.82) is 0 Å². The summed E-state index contributed by atoms with van der Waals surface area (Å²) in [5, 5.41) is 44.3. The Morgan fingerprint density at radius 2 is 1.72 bits per heavy atom. The van der Waals surface area contributed by atoms with Crippen molar-refractivity contribution in [2.75, 3.05) is 13.7 Å². The highest BCUT2D eigenvalue weighted by Crippen LogP contribution is 2.52. The third kappa shape index (κ3) is 5.91. The van der Waals surface area contributed by atoms with E-state index < -0.39 is 95.7 Å². The predicted octanol–water partition coefficient (Wildman–Crippen LogP) is 2.65. The second kappa shape index (κ2) is 13.3. The number of halogens is 1. The Labute approximate surface area is 276 Å². The van der Waals surface area contributed by atoms with Crippen LogP contribution in [0, 0.1) is 0 Å². The molecule has 3 aliphatic rings. The van der Waals surface area contributed by atoms with E-state index in [2.05, 4.69) is 0 Å². The number of Topliss-reactive ketones (excluding diaryl/α,β-unsaturated/α-hetero) is 1. The topological polar surface area (TPSA) is 195 Å². The van der Waals surface area contributed by atoms with Crippen molar-refractivity contribution in [3.05, 3.63) is 87.5 Å². The molecular formula is C34H36ClNO11. The Kier molecular flexibility index (Phi) is 9.76. The molecule has 3 aromatic carbocycles. The predicted molar refractivity (Wildman–Crippen MR) is 168 cm³/mol. The van der Waals surface area contributed by atoms with Crippen LogP contribution in [0.25, 0.3) is 0 Å². The summed E-state index contributed by atoms with van der Waals surface area (Å²) in [4.78, 5) is 40.3. The first kappa shape index (κ1) is 34.5. The van der Waals surface area contributed by atoms with Crippen molar-refractivity contribution in [3.63, 3.8) is 0 Å². The molecule has 0 bridgehead atoms. The van der Waals surface area contributed by atoms with Crippen LogP contribution in [0.2, 0.25) is 0 Å². The molecular weight excluding hydrogens is 634 g/mol. The van der Waals surface area contributed by atoms with Crippen LogP contribution in [0.3, 0.4) is 0 Å². The maximum Gasteiger partial charge on any atom is 0.202 e. The van der Waals surface area contributed by atoms with Crippen LogP contribution in [-0.4, -0.2) is 81.6 Å². The molecule has 0 saturated carbocycles. The number of ether oxygens (including phenoxy) is 4. The van der Waals surface area contributed by atoms with Crippen LogP contribution in [0.4, 0.5) is 0 Å². The molecule has 0 amide bonds. The molecule has 1 heterocycles. The molecule has 0 spiro atoms. The normalized spacial score (nSPS) is 26.4. The number of phenols is 2. The first-order valence-corrected chi connectivity index (χ1v) is 14.9. The van der Waals surface area contributed by atoms with Crippen LogP contribution in [0.15, 0.2) is 48.5 Å². The molecule has 6 N–H and O–H groups in total. The van der Waals surface area contributed by atoms with E-state index >= 15 is 0 Å². The SMILES string of the molecule is COc1cccc2c1C(=O)c1c(O)c3c(c(O)c1C2=O)C[C@@](O)(C(=O)CO)C[C@@H]3OC1CC(N)C(OCc2ccccc2)C(C)O1.Cl. The van der Waals surface area contributed by atoms with Crippen molar-refractivity contribution >= 4 is 29.8 Å². The fraction of sp³-hybridized carbons (Fsp3) is 0.382. The van der Waals surface area contributed by atoms with Crippen molar-refractivity contribution in [2.24, 2.45) is 5.73 Å². The molecule has 6 atom stereocenters. The summed E-state index contributed by atoms with van der Waals surface area (Å²) in [5.41, 5.74) is 3.93. The minimum atomic E-state index is -2.24. The second-order valence-corrected chi connectivity index (χ2v) is 11.9. The lowest BCUT2D eigenvalue weighted by Gasteiger charge is -2.43. The number of aliphatic hydroxyl groups excluding tert-OH is 1. The Balaban J connectivity index is 0.00000433. The summed E-state index contributed by atoms with van der Waals surface area (Å²) in [6.45, 7) is 1.06. The Hall–Kier alpha value is -3.88. The van der Waals surface area contributed by atoms with Gasteiger partial charge in [0.1, 0.15) is 29.5 Å². The van der Waals surface area contributed by atoms with E-state index in [-0.39, 0.29) is 46.8 Å². The maximum atomic E-state index is 13.8. The molecule has 1 saturated heterocycles. The number of phenolic OH excluding ortho intramolecular Hbond substituents is 2. The fourth-order valence-electron chi connectivity index (χ4n) is 6.77. The number of hydrogen-bond acceptors (Lipinski definition) is 12. The standard InChI is InChI=1S/C34H35NO11.ClH/c1-16-33(44-15-17-7-4-3-5-8-17)20(35)11-24(45-16)46-22-13-34(42,23(37)14-36)12-19-26(22)32(41)28-27(30(19)39)29(38)18-9-6-10-21(43-2)25(18)31(28)40;/h3-10,16,20,22,24,33,36,39,41-42H,11-15,35H2,1-2H3;1H/t16?,20?,22-,24?,33?,34-;/m0./s1. The van der Waals surface area contributed by atoms with Gasteiger partial charge in [-0.05, 0) is 18.6 Å². The highest BCUT2D eigenvalue weighted by molar-refractivity contribution is 6.31. The molecule has 0 aromatic heterocycles. The second-order valence-electron chi connectivity index (χ2n) is 11.9. The minimum absolute atomic E-state index is 0. The lowest BCUT2D eigenvalue weighted by atomic mass is 9.72. The van der Waals surface area contributed by atoms with Crippen LogP contribution in [0.1, 0.15) is 74.4 Å². The number of carbonyl (C=O) groups excluding carboxylic acids is 3. The third-order valence-corrected chi connectivity index (χ3v) is 9.06. The number of carbonyl (C=O) groups is 3. The average Bonchev–Trinajstić information content (AvgIpc) is 3.04. The Morgan fingerprint density at radius 3 is 2.38 bits per heavy atom. The zero-order valence-corrected chi connectivity index (χ0v) is 26.5. The molecule has 6 rings (SSSR count). The van der Waals surface area contributed by atoms with E-state index in [1.807, 2.05) is 30.3 Å². The van der Waals surface area contributed by atoms with Crippen LogP contribution >= 0.6 is 12.4 Å². The molecule has 1 aliphatic heterocycles. The molecule has 1 fully saturated rings. The van der Waals surface area contributed by atoms with Gasteiger partial charge in [-0.2, -0.15) is 0 Å². The van der Waals surface area contributed by atoms with Gasteiger partial charge in [0.25, 0.3) is 0 Å². The van der Waals surface area contributed by atoms with Crippen molar-refractivity contribution in [1.82, 2.24) is 0 Å². The van der Waals surface area contributed by atoms with Crippen molar-refractivity contribution in [2.45, 2.75) is 69.0 Å². The molecule has 12 nitrogen and oxygen atoms in total. The van der Waals surface area contributed by atoms with E-state index in [0.29, 0.717) is 6.61 Å². The summed E-state index contributed by atoms with van der Waals surface area (Å²) < 4.78 is 23.7. The van der Waals surface area contributed by atoms with Crippen LogP contribution in [0.5, 0.6) is 17.2 Å².